The lowest BCUT2D eigenvalue weighted by molar-refractivity contribution is -0.148. The number of hydrogen-bond donors (Lipinski definition) is 2. The average molecular weight is 279 g/mol. The monoisotopic (exact) mass is 279 g/mol. The third-order valence-electron chi connectivity index (χ3n) is 3.43. The number of amides is 1. The zero-order valence-corrected chi connectivity index (χ0v) is 11.4. The highest BCUT2D eigenvalue weighted by Gasteiger charge is 2.37. The average Bonchev–Trinajstić information content (AvgIpc) is 2.78. The molecule has 1 saturated heterocycles. The molecular weight excluding hydrogens is 262 g/mol. The van der Waals surface area contributed by atoms with Crippen LogP contribution in [0.3, 0.4) is 0 Å². The van der Waals surface area contributed by atoms with Gasteiger partial charge >= 0.3 is 5.97 Å². The van der Waals surface area contributed by atoms with E-state index in [2.05, 4.69) is 12.6 Å². The molecular formula is C14H17NO3S. The molecule has 0 spiro atoms. The lowest BCUT2D eigenvalue weighted by Crippen LogP contribution is -2.43. The lowest BCUT2D eigenvalue weighted by Gasteiger charge is -2.24. The smallest absolute Gasteiger partial charge is 0.326 e. The van der Waals surface area contributed by atoms with Crippen LogP contribution in [0, 0.1) is 5.92 Å². The maximum Gasteiger partial charge on any atom is 0.326 e. The van der Waals surface area contributed by atoms with Crippen LogP contribution in [0.5, 0.6) is 0 Å². The van der Waals surface area contributed by atoms with Gasteiger partial charge in [-0.05, 0) is 17.2 Å². The zero-order valence-electron chi connectivity index (χ0n) is 10.5. The number of rotatable bonds is 5. The number of carbonyl (C=O) groups is 2. The molecule has 102 valence electrons. The fourth-order valence-corrected chi connectivity index (χ4v) is 2.64. The molecule has 1 fully saturated rings. The second-order valence-electron chi connectivity index (χ2n) is 4.84. The van der Waals surface area contributed by atoms with E-state index >= 15 is 0 Å². The van der Waals surface area contributed by atoms with Gasteiger partial charge in [0.25, 0.3) is 0 Å². The highest BCUT2D eigenvalue weighted by molar-refractivity contribution is 7.80. The molecule has 2 atom stereocenters. The van der Waals surface area contributed by atoms with E-state index in [0.717, 1.165) is 5.56 Å². The van der Waals surface area contributed by atoms with Crippen molar-refractivity contribution in [3.63, 3.8) is 0 Å². The summed E-state index contributed by atoms with van der Waals surface area (Å²) in [6.45, 7) is 0.492. The molecule has 1 heterocycles. The molecule has 1 aromatic rings. The number of carbonyl (C=O) groups excluding carboxylic acids is 1. The molecule has 0 saturated carbocycles. The third-order valence-corrected chi connectivity index (χ3v) is 3.95. The number of nitrogens with zero attached hydrogens (tertiary/aromatic N) is 1. The molecule has 1 N–H and O–H groups in total. The van der Waals surface area contributed by atoms with Crippen molar-refractivity contribution in [3.05, 3.63) is 35.9 Å². The van der Waals surface area contributed by atoms with Gasteiger partial charge in [-0.15, -0.1) is 0 Å². The van der Waals surface area contributed by atoms with Gasteiger partial charge in [-0.3, -0.25) is 4.79 Å². The van der Waals surface area contributed by atoms with E-state index in [4.69, 9.17) is 0 Å². The van der Waals surface area contributed by atoms with E-state index in [1.807, 2.05) is 30.3 Å². The topological polar surface area (TPSA) is 57.6 Å². The Morgan fingerprint density at radius 1 is 1.42 bits per heavy atom. The molecule has 0 aromatic heterocycles. The summed E-state index contributed by atoms with van der Waals surface area (Å²) in [5, 5.41) is 9.36. The number of carboxylic acids is 1. The van der Waals surface area contributed by atoms with E-state index in [9.17, 15) is 14.7 Å². The summed E-state index contributed by atoms with van der Waals surface area (Å²) in [4.78, 5) is 24.8. The first-order valence-corrected chi connectivity index (χ1v) is 6.92. The minimum absolute atomic E-state index is 0.0811. The highest BCUT2D eigenvalue weighted by atomic mass is 32.1. The number of thiol groups is 1. The molecule has 5 heteroatoms. The summed E-state index contributed by atoms with van der Waals surface area (Å²) in [6, 6.07) is 8.61. The number of likely N-dealkylation sites (tertiary alicyclic amines) is 1. The van der Waals surface area contributed by atoms with Crippen LogP contribution in [0.4, 0.5) is 0 Å². The van der Waals surface area contributed by atoms with Gasteiger partial charge in [-0.1, -0.05) is 30.3 Å². The first-order valence-electron chi connectivity index (χ1n) is 6.29. The van der Waals surface area contributed by atoms with Gasteiger partial charge in [0.15, 0.2) is 0 Å². The Labute approximate surface area is 117 Å². The molecule has 2 rings (SSSR count). The van der Waals surface area contributed by atoms with E-state index in [-0.39, 0.29) is 11.8 Å². The quantitative estimate of drug-likeness (QED) is 0.802. The third kappa shape index (κ3) is 3.29. The molecule has 1 amide bonds. The second-order valence-corrected chi connectivity index (χ2v) is 5.21. The van der Waals surface area contributed by atoms with Gasteiger partial charge in [-0.2, -0.15) is 12.6 Å². The number of aliphatic carboxylic acids is 1. The highest BCUT2D eigenvalue weighted by Crippen LogP contribution is 2.23. The summed E-state index contributed by atoms with van der Waals surface area (Å²) >= 11 is 4.19. The summed E-state index contributed by atoms with van der Waals surface area (Å²) in [6.07, 6.45) is 0.753. The molecule has 0 aliphatic carbocycles. The summed E-state index contributed by atoms with van der Waals surface area (Å²) < 4.78 is 0. The Balaban J connectivity index is 2.13. The molecule has 1 aromatic carbocycles. The molecule has 1 aliphatic heterocycles. The Hall–Kier alpha value is -1.49. The van der Waals surface area contributed by atoms with Crippen LogP contribution in [0.1, 0.15) is 12.0 Å². The van der Waals surface area contributed by atoms with Crippen LogP contribution in [0.25, 0.3) is 0 Å². The van der Waals surface area contributed by atoms with Crippen molar-refractivity contribution >= 4 is 24.5 Å². The zero-order chi connectivity index (χ0) is 13.8. The lowest BCUT2D eigenvalue weighted by atomic mass is 10.0. The van der Waals surface area contributed by atoms with Gasteiger partial charge in [0.1, 0.15) is 6.04 Å². The summed E-state index contributed by atoms with van der Waals surface area (Å²) in [5.41, 5.74) is 0.928. The van der Waals surface area contributed by atoms with Crippen LogP contribution in [0.15, 0.2) is 30.3 Å². The van der Waals surface area contributed by atoms with Crippen molar-refractivity contribution in [3.8, 4) is 0 Å². The Kier molecular flexibility index (Phi) is 4.47. The van der Waals surface area contributed by atoms with E-state index < -0.39 is 12.0 Å². The fourth-order valence-electron chi connectivity index (χ4n) is 2.40. The van der Waals surface area contributed by atoms with Crippen LogP contribution >= 0.6 is 12.6 Å². The Bertz CT molecular complexity index is 463. The summed E-state index contributed by atoms with van der Waals surface area (Å²) in [7, 11) is 0. The summed E-state index contributed by atoms with van der Waals surface area (Å²) in [5.74, 6) is -0.257. The minimum atomic E-state index is -0.947. The predicted octanol–water partition coefficient (Wildman–Crippen LogP) is 1.46. The van der Waals surface area contributed by atoms with Gasteiger partial charge in [0.05, 0.1) is 0 Å². The van der Waals surface area contributed by atoms with Gasteiger partial charge in [0, 0.05) is 19.4 Å². The number of hydrogen-bond acceptors (Lipinski definition) is 3. The molecule has 1 aliphatic rings. The van der Waals surface area contributed by atoms with E-state index in [1.54, 1.807) is 0 Å². The number of carboxylic acid groups (broad SMARTS) is 1. The van der Waals surface area contributed by atoms with Gasteiger partial charge < -0.3 is 10.0 Å². The first kappa shape index (κ1) is 13.9. The van der Waals surface area contributed by atoms with Gasteiger partial charge in [-0.25, -0.2) is 4.79 Å². The Morgan fingerprint density at radius 2 is 2.11 bits per heavy atom. The maximum atomic E-state index is 11.9. The van der Waals surface area contributed by atoms with Crippen molar-refractivity contribution in [2.24, 2.45) is 5.92 Å². The largest absolute Gasteiger partial charge is 0.480 e. The fraction of sp³-hybridized carbons (Fsp3) is 0.429. The van der Waals surface area contributed by atoms with E-state index in [0.29, 0.717) is 25.1 Å². The standard InChI is InChI=1S/C14H17NO3S/c16-13-7-11(9-19)8-15(13)12(14(17)18)6-10-4-2-1-3-5-10/h1-5,11-12,19H,6-9H2,(H,17,18). The van der Waals surface area contributed by atoms with Crippen LogP contribution < -0.4 is 0 Å². The first-order chi connectivity index (χ1) is 9.11. The Morgan fingerprint density at radius 3 is 2.63 bits per heavy atom. The van der Waals surface area contributed by atoms with Crippen molar-refractivity contribution in [2.75, 3.05) is 12.3 Å². The molecule has 19 heavy (non-hydrogen) atoms. The molecule has 4 nitrogen and oxygen atoms in total. The van der Waals surface area contributed by atoms with Gasteiger partial charge in [0.2, 0.25) is 5.91 Å². The minimum Gasteiger partial charge on any atom is -0.480 e. The van der Waals surface area contributed by atoms with Crippen molar-refractivity contribution in [1.82, 2.24) is 4.90 Å². The molecule has 2 unspecified atom stereocenters. The van der Waals surface area contributed by atoms with Crippen molar-refractivity contribution < 1.29 is 14.7 Å². The van der Waals surface area contributed by atoms with Crippen LogP contribution in [0.2, 0.25) is 0 Å². The maximum absolute atomic E-state index is 11.9. The van der Waals surface area contributed by atoms with Crippen molar-refractivity contribution in [1.29, 1.82) is 0 Å². The van der Waals surface area contributed by atoms with Crippen LogP contribution in [-0.2, 0) is 16.0 Å². The number of benzene rings is 1. The predicted molar refractivity (Wildman–Crippen MR) is 75.2 cm³/mol. The van der Waals surface area contributed by atoms with E-state index in [1.165, 1.54) is 4.90 Å². The van der Waals surface area contributed by atoms with Crippen molar-refractivity contribution in [2.45, 2.75) is 18.9 Å². The molecule has 0 radical (unpaired) electrons. The normalized spacial score (nSPS) is 20.6. The second kappa shape index (κ2) is 6.10. The molecule has 0 bridgehead atoms. The van der Waals surface area contributed by atoms with Crippen LogP contribution in [-0.4, -0.2) is 40.2 Å². The SMILES string of the molecule is O=C(O)C(Cc1ccccc1)N1CC(CS)CC1=O.